The largest absolute Gasteiger partial charge is 0.410 e. The van der Waals surface area contributed by atoms with E-state index in [2.05, 4.69) is 63.9 Å². The Morgan fingerprint density at radius 3 is 2.07 bits per heavy atom. The number of rotatable bonds is 11. The predicted octanol–water partition coefficient (Wildman–Crippen LogP) is 7.11. The molecule has 0 aromatic carbocycles. The van der Waals surface area contributed by atoms with E-state index < -0.39 is 0 Å². The Kier molecular flexibility index (Phi) is 10.8. The number of carbonyl (C=O) groups excluding carboxylic acids is 1. The molecule has 1 aliphatic heterocycles. The molecule has 1 atom stereocenters. The van der Waals surface area contributed by atoms with Crippen LogP contribution in [-0.2, 0) is 9.53 Å². The van der Waals surface area contributed by atoms with Gasteiger partial charge in [0, 0.05) is 6.42 Å². The number of hydrogen-bond acceptors (Lipinski definition) is 3. The third-order valence-corrected chi connectivity index (χ3v) is 4.86. The minimum Gasteiger partial charge on any atom is -0.410 e. The van der Waals surface area contributed by atoms with E-state index in [1.807, 2.05) is 13.8 Å². The Balaban J connectivity index is 2.37. The minimum absolute atomic E-state index is 0.185. The molecule has 0 radical (unpaired) electrons. The molecule has 0 aromatic heterocycles. The molecule has 1 rings (SSSR count). The van der Waals surface area contributed by atoms with Crippen molar-refractivity contribution in [3.05, 3.63) is 46.6 Å². The molecule has 0 bridgehead atoms. The summed E-state index contributed by atoms with van der Waals surface area (Å²) in [7, 11) is 0. The van der Waals surface area contributed by atoms with Crippen LogP contribution in [-0.4, -0.2) is 17.9 Å². The maximum Gasteiger partial charge on any atom is 0.337 e. The van der Waals surface area contributed by atoms with Gasteiger partial charge in [-0.25, -0.2) is 9.79 Å². The first-order valence-electron chi connectivity index (χ1n) is 10.6. The van der Waals surface area contributed by atoms with Gasteiger partial charge >= 0.3 is 5.97 Å². The summed E-state index contributed by atoms with van der Waals surface area (Å²) in [5, 5.41) is 0. The number of carbonyl (C=O) groups is 1. The molecule has 0 saturated carbocycles. The lowest BCUT2D eigenvalue weighted by atomic mass is 10.1. The van der Waals surface area contributed by atoms with E-state index in [9.17, 15) is 4.79 Å². The summed E-state index contributed by atoms with van der Waals surface area (Å²) in [6, 6.07) is -0.330. The van der Waals surface area contributed by atoms with Gasteiger partial charge in [-0.2, -0.15) is 0 Å². The summed E-state index contributed by atoms with van der Waals surface area (Å²) in [5.41, 5.74) is 5.48. The van der Waals surface area contributed by atoms with Gasteiger partial charge in [0.15, 0.2) is 11.9 Å². The van der Waals surface area contributed by atoms with Crippen molar-refractivity contribution in [3.8, 4) is 0 Å². The Morgan fingerprint density at radius 2 is 1.50 bits per heavy atom. The van der Waals surface area contributed by atoms with E-state index in [1.165, 1.54) is 22.3 Å². The number of allylic oxidation sites excluding steroid dienone is 7. The quantitative estimate of drug-likeness (QED) is 0.281. The van der Waals surface area contributed by atoms with Crippen LogP contribution in [0.1, 0.15) is 87.0 Å². The summed E-state index contributed by atoms with van der Waals surface area (Å²) in [6.45, 7) is 14.8. The molecule has 0 spiro atoms. The molecule has 0 aromatic rings. The predicted molar refractivity (Wildman–Crippen MR) is 121 cm³/mol. The first-order chi connectivity index (χ1) is 13.2. The van der Waals surface area contributed by atoms with Gasteiger partial charge < -0.3 is 4.74 Å². The van der Waals surface area contributed by atoms with Gasteiger partial charge in [0.2, 0.25) is 0 Å². The Bertz CT molecular complexity index is 671. The maximum absolute atomic E-state index is 11.8. The van der Waals surface area contributed by atoms with Crippen molar-refractivity contribution in [2.24, 2.45) is 10.9 Å². The van der Waals surface area contributed by atoms with Crippen molar-refractivity contribution in [1.82, 2.24) is 0 Å². The Morgan fingerprint density at radius 1 is 0.929 bits per heavy atom. The first-order valence-corrected chi connectivity index (χ1v) is 10.6. The molecule has 0 N–H and O–H groups in total. The van der Waals surface area contributed by atoms with Crippen LogP contribution >= 0.6 is 0 Å². The fraction of sp³-hybridized carbons (Fsp3) is 0.600. The second-order valence-electron chi connectivity index (χ2n) is 8.56. The van der Waals surface area contributed by atoms with E-state index in [1.54, 1.807) is 0 Å². The number of cyclic esters (lactones) is 1. The molecule has 3 heteroatoms. The van der Waals surface area contributed by atoms with E-state index >= 15 is 0 Å². The third kappa shape index (κ3) is 9.87. The average molecular weight is 386 g/mol. The van der Waals surface area contributed by atoms with Crippen LogP contribution < -0.4 is 0 Å². The van der Waals surface area contributed by atoms with Gasteiger partial charge in [0.25, 0.3) is 0 Å². The van der Waals surface area contributed by atoms with Crippen molar-refractivity contribution in [1.29, 1.82) is 0 Å². The van der Waals surface area contributed by atoms with Crippen LogP contribution in [0.15, 0.2) is 51.6 Å². The zero-order chi connectivity index (χ0) is 21.1. The van der Waals surface area contributed by atoms with Crippen LogP contribution in [0, 0.1) is 5.92 Å². The topological polar surface area (TPSA) is 38.7 Å². The Hall–Kier alpha value is -1.90. The fourth-order valence-corrected chi connectivity index (χ4v) is 3.02. The second-order valence-corrected chi connectivity index (χ2v) is 8.56. The van der Waals surface area contributed by atoms with E-state index in [4.69, 9.17) is 4.74 Å². The Labute approximate surface area is 172 Å². The molecule has 0 amide bonds. The van der Waals surface area contributed by atoms with Crippen LogP contribution in [0.25, 0.3) is 0 Å². The fourth-order valence-electron chi connectivity index (χ4n) is 3.02. The summed E-state index contributed by atoms with van der Waals surface area (Å²) in [4.78, 5) is 16.2. The van der Waals surface area contributed by atoms with Gasteiger partial charge in [-0.05, 0) is 72.6 Å². The zero-order valence-electron chi connectivity index (χ0n) is 19.0. The van der Waals surface area contributed by atoms with Crippen LogP contribution in [0.5, 0.6) is 0 Å². The van der Waals surface area contributed by atoms with Crippen molar-refractivity contribution >= 4 is 11.9 Å². The molecular weight excluding hydrogens is 346 g/mol. The number of ether oxygens (including phenoxy) is 1. The minimum atomic E-state index is -0.330. The number of aliphatic imine (C=N–C) groups is 1. The lowest BCUT2D eigenvalue weighted by molar-refractivity contribution is -0.135. The average Bonchev–Trinajstić information content (AvgIpc) is 2.95. The van der Waals surface area contributed by atoms with E-state index in [-0.39, 0.29) is 17.9 Å². The van der Waals surface area contributed by atoms with Gasteiger partial charge in [-0.3, -0.25) is 0 Å². The molecule has 156 valence electrons. The molecule has 1 unspecified atom stereocenters. The van der Waals surface area contributed by atoms with Crippen LogP contribution in [0.2, 0.25) is 0 Å². The number of nitrogens with zero attached hydrogens (tertiary/aromatic N) is 1. The molecule has 0 fully saturated rings. The number of hydrogen-bond donors (Lipinski definition) is 0. The normalized spacial score (nSPS) is 18.4. The SMILES string of the molecule is CC(C)=CCCC(C)=CCCC(C)=CC/C=C(\C)CC1=NC(C(C)C)C(=O)O1. The number of esters is 1. The van der Waals surface area contributed by atoms with Gasteiger partial charge in [0.05, 0.1) is 0 Å². The van der Waals surface area contributed by atoms with E-state index in [0.717, 1.165) is 32.1 Å². The first kappa shape index (κ1) is 24.1. The van der Waals surface area contributed by atoms with Crippen LogP contribution in [0.3, 0.4) is 0 Å². The smallest absolute Gasteiger partial charge is 0.337 e. The summed E-state index contributed by atoms with van der Waals surface area (Å²) in [6.07, 6.45) is 15.2. The van der Waals surface area contributed by atoms with Gasteiger partial charge in [-0.15, -0.1) is 0 Å². The molecule has 1 aliphatic rings. The maximum atomic E-state index is 11.8. The van der Waals surface area contributed by atoms with E-state index in [0.29, 0.717) is 12.3 Å². The molecule has 0 saturated heterocycles. The lowest BCUT2D eigenvalue weighted by Crippen LogP contribution is -2.20. The van der Waals surface area contributed by atoms with Gasteiger partial charge in [0.1, 0.15) is 0 Å². The highest BCUT2D eigenvalue weighted by molar-refractivity contribution is 5.98. The van der Waals surface area contributed by atoms with Crippen molar-refractivity contribution in [2.75, 3.05) is 0 Å². The third-order valence-electron chi connectivity index (χ3n) is 4.86. The van der Waals surface area contributed by atoms with Gasteiger partial charge in [-0.1, -0.05) is 60.4 Å². The van der Waals surface area contributed by atoms with Crippen molar-refractivity contribution in [2.45, 2.75) is 93.0 Å². The highest BCUT2D eigenvalue weighted by Crippen LogP contribution is 2.19. The summed E-state index contributed by atoms with van der Waals surface area (Å²) < 4.78 is 5.29. The van der Waals surface area contributed by atoms with Crippen molar-refractivity contribution in [3.63, 3.8) is 0 Å². The molecule has 3 nitrogen and oxygen atoms in total. The summed E-state index contributed by atoms with van der Waals surface area (Å²) in [5.74, 6) is 0.536. The second kappa shape index (κ2) is 12.5. The molecule has 0 aliphatic carbocycles. The molecule has 1 heterocycles. The zero-order valence-corrected chi connectivity index (χ0v) is 19.0. The molecular formula is C25H39NO2. The van der Waals surface area contributed by atoms with Crippen LogP contribution in [0.4, 0.5) is 0 Å². The standard InChI is InChI=1S/C25H39NO2/c1-18(2)11-8-12-20(5)13-9-14-21(6)15-10-16-22(7)17-23-26-24(19(3)4)25(27)28-23/h11,13,15-16,19,24H,8-10,12,14,17H2,1-7H3/b20-13?,21-15?,22-16+. The highest BCUT2D eigenvalue weighted by Gasteiger charge is 2.31. The summed E-state index contributed by atoms with van der Waals surface area (Å²) >= 11 is 0. The lowest BCUT2D eigenvalue weighted by Gasteiger charge is -2.04. The monoisotopic (exact) mass is 385 g/mol. The van der Waals surface area contributed by atoms with Crippen molar-refractivity contribution < 1.29 is 9.53 Å². The molecule has 28 heavy (non-hydrogen) atoms. The highest BCUT2D eigenvalue weighted by atomic mass is 16.6.